The molecule has 133 valence electrons. The minimum Gasteiger partial charge on any atom is -0.166 e. The van der Waals surface area contributed by atoms with Crippen LogP contribution in [0.4, 0.5) is 13.2 Å². The third-order valence-corrected chi connectivity index (χ3v) is 7.76. The van der Waals surface area contributed by atoms with Crippen molar-refractivity contribution in [1.82, 2.24) is 0 Å². The molecule has 0 aromatic heterocycles. The Morgan fingerprint density at radius 1 is 0.769 bits per heavy atom. The highest BCUT2D eigenvalue weighted by Crippen LogP contribution is 2.33. The van der Waals surface area contributed by atoms with Crippen LogP contribution in [0, 0.1) is 6.92 Å². The van der Waals surface area contributed by atoms with Gasteiger partial charge in [0.1, 0.15) is 8.80 Å². The number of hydrogen-bond donors (Lipinski definition) is 0. The summed E-state index contributed by atoms with van der Waals surface area (Å²) in [5.41, 5.74) is 1.11. The molecule has 0 saturated heterocycles. The molecule has 1 unspecified atom stereocenters. The topological polar surface area (TPSA) is 0 Å². The van der Waals surface area contributed by atoms with E-state index in [4.69, 9.17) is 0 Å². The van der Waals surface area contributed by atoms with Crippen LogP contribution >= 0.6 is 0 Å². The predicted octanol–water partition coefficient (Wildman–Crippen LogP) is 4.97. The number of benzene rings is 3. The Morgan fingerprint density at radius 3 is 1.73 bits per heavy atom. The van der Waals surface area contributed by atoms with Crippen molar-refractivity contribution in [2.24, 2.45) is 0 Å². The van der Waals surface area contributed by atoms with E-state index < -0.39 is 20.5 Å². The number of hydrogen-bond acceptors (Lipinski definition) is 0. The smallest absolute Gasteiger partial charge is 0.166 e. The van der Waals surface area contributed by atoms with Crippen molar-refractivity contribution < 1.29 is 13.2 Å². The molecule has 0 amide bonds. The third kappa shape index (κ3) is 3.91. The average molecular weight is 369 g/mol. The Hall–Kier alpha value is -2.33. The fourth-order valence-corrected chi connectivity index (χ4v) is 6.40. The van der Waals surface area contributed by atoms with E-state index in [0.29, 0.717) is 0 Å². The van der Waals surface area contributed by atoms with Gasteiger partial charge in [-0.1, -0.05) is 84.0 Å². The summed E-state index contributed by atoms with van der Waals surface area (Å²) in [6.45, 7) is 3.94. The van der Waals surface area contributed by atoms with Gasteiger partial charge in [0.15, 0.2) is 0 Å². The quantitative estimate of drug-likeness (QED) is 0.570. The van der Waals surface area contributed by atoms with Crippen molar-refractivity contribution in [3.05, 3.63) is 95.6 Å². The zero-order valence-electron chi connectivity index (χ0n) is 14.7. The lowest BCUT2D eigenvalue weighted by Crippen LogP contribution is -2.46. The van der Waals surface area contributed by atoms with E-state index in [-0.39, 0.29) is 5.54 Å². The number of aryl methyl sites for hydroxylation is 1. The minimum absolute atomic E-state index is 0.00657. The van der Waals surface area contributed by atoms with E-state index in [9.17, 15) is 13.2 Å². The minimum atomic E-state index is -4.32. The molecular weight excluding hydrogens is 349 g/mol. The van der Waals surface area contributed by atoms with Gasteiger partial charge in [0, 0.05) is 0 Å². The molecule has 0 nitrogen and oxygen atoms in total. The van der Waals surface area contributed by atoms with Crippen LogP contribution in [-0.4, -0.2) is 8.80 Å². The molecule has 0 aliphatic rings. The summed E-state index contributed by atoms with van der Waals surface area (Å²) in [5, 5.41) is 2.40. The van der Waals surface area contributed by atoms with E-state index in [0.717, 1.165) is 11.1 Å². The summed E-state index contributed by atoms with van der Waals surface area (Å²) >= 11 is 0. The summed E-state index contributed by atoms with van der Waals surface area (Å²) in [4.78, 5) is 0. The van der Waals surface area contributed by atoms with Gasteiger partial charge in [0.25, 0.3) is 0 Å². The lowest BCUT2D eigenvalue weighted by Gasteiger charge is -2.25. The van der Waals surface area contributed by atoms with Gasteiger partial charge in [-0.05, 0) is 35.7 Å². The molecule has 0 aliphatic heterocycles. The molecule has 0 N–H and O–H groups in total. The van der Waals surface area contributed by atoms with E-state index >= 15 is 0 Å². The first kappa shape index (κ1) is 18.5. The van der Waals surface area contributed by atoms with Gasteiger partial charge < -0.3 is 0 Å². The van der Waals surface area contributed by atoms with Crippen LogP contribution in [0.25, 0.3) is 0 Å². The molecule has 1 radical (unpaired) electrons. The van der Waals surface area contributed by atoms with Gasteiger partial charge >= 0.3 is 6.18 Å². The van der Waals surface area contributed by atoms with Crippen LogP contribution in [0.15, 0.2) is 78.9 Å². The lowest BCUT2D eigenvalue weighted by molar-refractivity contribution is -0.137. The molecule has 0 bridgehead atoms. The zero-order chi connectivity index (χ0) is 18.7. The summed E-state index contributed by atoms with van der Waals surface area (Å²) in [6.07, 6.45) is -4.32. The second kappa shape index (κ2) is 7.50. The van der Waals surface area contributed by atoms with Gasteiger partial charge in [-0.15, -0.1) is 0 Å². The van der Waals surface area contributed by atoms with E-state index in [1.807, 2.05) is 43.3 Å². The molecule has 1 atom stereocenters. The first-order valence-electron chi connectivity index (χ1n) is 8.53. The highest BCUT2D eigenvalue weighted by atomic mass is 28.3. The van der Waals surface area contributed by atoms with Crippen LogP contribution < -0.4 is 10.4 Å². The highest BCUT2D eigenvalue weighted by molar-refractivity contribution is 6.86. The number of halogens is 3. The van der Waals surface area contributed by atoms with E-state index in [2.05, 4.69) is 31.2 Å². The van der Waals surface area contributed by atoms with E-state index in [1.165, 1.54) is 22.5 Å². The molecule has 26 heavy (non-hydrogen) atoms. The van der Waals surface area contributed by atoms with Crippen LogP contribution in [0.2, 0.25) is 0 Å². The Balaban J connectivity index is 2.11. The molecule has 3 aromatic carbocycles. The SMILES string of the molecule is Cc1ccc(C(F)(F)F)cc1C(C)[Si](c1ccccc1)c1ccccc1. The largest absolute Gasteiger partial charge is 0.416 e. The monoisotopic (exact) mass is 369 g/mol. The van der Waals surface area contributed by atoms with Crippen molar-refractivity contribution in [3.8, 4) is 0 Å². The normalized spacial score (nSPS) is 13.0. The summed E-state index contributed by atoms with van der Waals surface area (Å²) in [6, 6.07) is 24.3. The molecule has 0 spiro atoms. The van der Waals surface area contributed by atoms with Crippen molar-refractivity contribution >= 4 is 19.2 Å². The molecule has 0 heterocycles. The van der Waals surface area contributed by atoms with Crippen molar-refractivity contribution in [2.45, 2.75) is 25.6 Å². The molecule has 0 aliphatic carbocycles. The second-order valence-corrected chi connectivity index (χ2v) is 9.28. The summed E-state index contributed by atoms with van der Waals surface area (Å²) in [7, 11) is -1.28. The van der Waals surface area contributed by atoms with Gasteiger partial charge in [-0.2, -0.15) is 13.2 Å². The Kier molecular flexibility index (Phi) is 5.32. The molecule has 3 aromatic rings. The third-order valence-electron chi connectivity index (χ3n) is 4.68. The maximum Gasteiger partial charge on any atom is 0.416 e. The number of rotatable bonds is 4. The first-order valence-corrected chi connectivity index (χ1v) is 10.1. The molecule has 4 heteroatoms. The van der Waals surface area contributed by atoms with Crippen molar-refractivity contribution in [3.63, 3.8) is 0 Å². The molecule has 3 rings (SSSR count). The molecule has 0 fully saturated rings. The van der Waals surface area contributed by atoms with Crippen LogP contribution in [0.1, 0.15) is 29.2 Å². The van der Waals surface area contributed by atoms with Crippen LogP contribution in [-0.2, 0) is 6.18 Å². The van der Waals surface area contributed by atoms with Crippen molar-refractivity contribution in [1.29, 1.82) is 0 Å². The maximum absolute atomic E-state index is 13.2. The molecular formula is C22H20F3Si. The van der Waals surface area contributed by atoms with E-state index in [1.54, 1.807) is 6.07 Å². The zero-order valence-corrected chi connectivity index (χ0v) is 15.7. The Bertz CT molecular complexity index is 818. The standard InChI is InChI=1S/C22H20F3Si/c1-16-13-14-18(22(23,24)25)15-21(16)17(2)26(19-9-5-3-6-10-19)20-11-7-4-8-12-20/h3-15,17H,1-2H3. The fourth-order valence-electron chi connectivity index (χ4n) is 3.34. The Morgan fingerprint density at radius 2 is 1.27 bits per heavy atom. The maximum atomic E-state index is 13.2. The fraction of sp³-hybridized carbons (Fsp3) is 0.182. The summed E-state index contributed by atoms with van der Waals surface area (Å²) in [5.74, 6) is 0. The van der Waals surface area contributed by atoms with Gasteiger partial charge in [-0.3, -0.25) is 0 Å². The predicted molar refractivity (Wildman–Crippen MR) is 103 cm³/mol. The highest BCUT2D eigenvalue weighted by Gasteiger charge is 2.33. The summed E-state index contributed by atoms with van der Waals surface area (Å²) < 4.78 is 39.7. The average Bonchev–Trinajstić information content (AvgIpc) is 2.63. The second-order valence-electron chi connectivity index (χ2n) is 6.44. The molecule has 0 saturated carbocycles. The van der Waals surface area contributed by atoms with Gasteiger partial charge in [0.2, 0.25) is 0 Å². The first-order chi connectivity index (χ1) is 12.4. The van der Waals surface area contributed by atoms with Crippen LogP contribution in [0.3, 0.4) is 0 Å². The van der Waals surface area contributed by atoms with Gasteiger partial charge in [0.05, 0.1) is 5.56 Å². The van der Waals surface area contributed by atoms with Crippen molar-refractivity contribution in [2.75, 3.05) is 0 Å². The lowest BCUT2D eigenvalue weighted by atomic mass is 10.0. The Labute approximate surface area is 153 Å². The number of alkyl halides is 3. The van der Waals surface area contributed by atoms with Gasteiger partial charge in [-0.25, -0.2) is 0 Å². The van der Waals surface area contributed by atoms with Crippen LogP contribution in [0.5, 0.6) is 0 Å².